The Morgan fingerprint density at radius 2 is 1.65 bits per heavy atom. The Hall–Kier alpha value is -2.68. The van der Waals surface area contributed by atoms with Gasteiger partial charge in [0.25, 0.3) is 0 Å². The SMILES string of the molecule is C=C[C@H](c1ccccc1)[C@@H](C(C)=O)C(=O)c1ccc(OC)cc1. The minimum absolute atomic E-state index is 0.167. The highest BCUT2D eigenvalue weighted by molar-refractivity contribution is 6.11. The number of methoxy groups -OCH3 is 1. The van der Waals surface area contributed by atoms with Crippen LogP contribution < -0.4 is 4.74 Å². The van der Waals surface area contributed by atoms with Crippen LogP contribution in [0.2, 0.25) is 0 Å². The first-order valence-electron chi connectivity index (χ1n) is 7.44. The zero-order chi connectivity index (χ0) is 16.8. The summed E-state index contributed by atoms with van der Waals surface area (Å²) in [6.45, 7) is 5.27. The first kappa shape index (κ1) is 16.7. The largest absolute Gasteiger partial charge is 0.497 e. The maximum absolute atomic E-state index is 12.9. The van der Waals surface area contributed by atoms with Gasteiger partial charge in [0.1, 0.15) is 11.5 Å². The van der Waals surface area contributed by atoms with Crippen molar-refractivity contribution in [2.75, 3.05) is 7.11 Å². The molecule has 0 aliphatic carbocycles. The van der Waals surface area contributed by atoms with Crippen molar-refractivity contribution in [3.63, 3.8) is 0 Å². The summed E-state index contributed by atoms with van der Waals surface area (Å²) in [7, 11) is 1.57. The Bertz CT molecular complexity index is 687. The first-order valence-corrected chi connectivity index (χ1v) is 7.44. The molecule has 0 saturated carbocycles. The summed E-state index contributed by atoms with van der Waals surface area (Å²) < 4.78 is 5.10. The molecule has 0 bridgehead atoms. The molecule has 0 saturated heterocycles. The molecule has 0 spiro atoms. The number of benzene rings is 2. The van der Waals surface area contributed by atoms with Crippen LogP contribution in [0.1, 0.15) is 28.8 Å². The number of hydrogen-bond donors (Lipinski definition) is 0. The van der Waals surface area contributed by atoms with Gasteiger partial charge in [0.2, 0.25) is 0 Å². The van der Waals surface area contributed by atoms with Gasteiger partial charge in [-0.3, -0.25) is 9.59 Å². The number of hydrogen-bond acceptors (Lipinski definition) is 3. The summed E-state index contributed by atoms with van der Waals surface area (Å²) in [6, 6.07) is 16.3. The third-order valence-corrected chi connectivity index (χ3v) is 3.89. The zero-order valence-electron chi connectivity index (χ0n) is 13.4. The highest BCUT2D eigenvalue weighted by Gasteiger charge is 2.32. The number of allylic oxidation sites excluding steroid dienone is 1. The number of ketones is 2. The fraction of sp³-hybridized carbons (Fsp3) is 0.200. The van der Waals surface area contributed by atoms with Crippen LogP contribution in [0.4, 0.5) is 0 Å². The molecule has 2 atom stereocenters. The number of carbonyl (C=O) groups is 2. The lowest BCUT2D eigenvalue weighted by atomic mass is 9.79. The molecule has 0 fully saturated rings. The fourth-order valence-corrected chi connectivity index (χ4v) is 2.68. The van der Waals surface area contributed by atoms with Crippen LogP contribution in [-0.4, -0.2) is 18.7 Å². The number of carbonyl (C=O) groups excluding carboxylic acids is 2. The van der Waals surface area contributed by atoms with Crippen molar-refractivity contribution in [3.05, 3.63) is 78.4 Å². The Kier molecular flexibility index (Phi) is 5.47. The fourth-order valence-electron chi connectivity index (χ4n) is 2.68. The van der Waals surface area contributed by atoms with Crippen molar-refractivity contribution in [3.8, 4) is 5.75 Å². The van der Waals surface area contributed by atoms with Crippen molar-refractivity contribution in [1.29, 1.82) is 0 Å². The molecule has 3 heteroatoms. The minimum Gasteiger partial charge on any atom is -0.497 e. The van der Waals surface area contributed by atoms with Gasteiger partial charge < -0.3 is 4.74 Å². The van der Waals surface area contributed by atoms with Crippen molar-refractivity contribution < 1.29 is 14.3 Å². The van der Waals surface area contributed by atoms with Gasteiger partial charge in [0, 0.05) is 11.5 Å². The molecule has 0 aromatic heterocycles. The molecule has 0 N–H and O–H groups in total. The van der Waals surface area contributed by atoms with Gasteiger partial charge in [-0.15, -0.1) is 6.58 Å². The van der Waals surface area contributed by atoms with Gasteiger partial charge >= 0.3 is 0 Å². The summed E-state index contributed by atoms with van der Waals surface area (Å²) in [5.74, 6) is -0.815. The van der Waals surface area contributed by atoms with E-state index in [1.807, 2.05) is 30.3 Å². The van der Waals surface area contributed by atoms with Crippen LogP contribution >= 0.6 is 0 Å². The summed E-state index contributed by atoms with van der Waals surface area (Å²) in [6.07, 6.45) is 1.67. The monoisotopic (exact) mass is 308 g/mol. The van der Waals surface area contributed by atoms with Crippen LogP contribution in [0.3, 0.4) is 0 Å². The molecule has 0 unspecified atom stereocenters. The Labute approximate surface area is 136 Å². The van der Waals surface area contributed by atoms with Gasteiger partial charge in [-0.25, -0.2) is 0 Å². The summed E-state index contributed by atoms with van der Waals surface area (Å²) in [5, 5.41) is 0. The van der Waals surface area contributed by atoms with Crippen molar-refractivity contribution in [2.24, 2.45) is 5.92 Å². The average Bonchev–Trinajstić information content (AvgIpc) is 2.59. The van der Waals surface area contributed by atoms with Crippen LogP contribution in [-0.2, 0) is 4.79 Å². The summed E-state index contributed by atoms with van der Waals surface area (Å²) >= 11 is 0. The highest BCUT2D eigenvalue weighted by atomic mass is 16.5. The van der Waals surface area contributed by atoms with E-state index >= 15 is 0 Å². The molecular weight excluding hydrogens is 288 g/mol. The lowest BCUT2D eigenvalue weighted by Crippen LogP contribution is -2.28. The topological polar surface area (TPSA) is 43.4 Å². The highest BCUT2D eigenvalue weighted by Crippen LogP contribution is 2.30. The van der Waals surface area contributed by atoms with E-state index in [0.29, 0.717) is 11.3 Å². The lowest BCUT2D eigenvalue weighted by molar-refractivity contribution is -0.119. The molecule has 0 radical (unpaired) electrons. The van der Waals surface area contributed by atoms with E-state index in [9.17, 15) is 9.59 Å². The van der Waals surface area contributed by atoms with Crippen LogP contribution in [0.5, 0.6) is 5.75 Å². The number of Topliss-reactive ketones (excluding diaryl/α,β-unsaturated/α-hetero) is 2. The van der Waals surface area contributed by atoms with Crippen molar-refractivity contribution >= 4 is 11.6 Å². The molecular formula is C20H20O3. The predicted molar refractivity (Wildman–Crippen MR) is 90.9 cm³/mol. The number of ether oxygens (including phenoxy) is 1. The summed E-state index contributed by atoms with van der Waals surface area (Å²) in [5.41, 5.74) is 1.40. The second kappa shape index (κ2) is 7.54. The van der Waals surface area contributed by atoms with Gasteiger partial charge in [-0.1, -0.05) is 36.4 Å². The molecule has 0 amide bonds. The van der Waals surface area contributed by atoms with Gasteiger partial charge in [-0.2, -0.15) is 0 Å². The minimum atomic E-state index is -0.775. The Balaban J connectivity index is 2.38. The maximum atomic E-state index is 12.9. The predicted octanol–water partition coefficient (Wildman–Crippen LogP) is 4.05. The molecule has 118 valence electrons. The standard InChI is InChI=1S/C20H20O3/c1-4-18(15-8-6-5-7-9-15)19(14(2)21)20(22)16-10-12-17(23-3)13-11-16/h4-13,18-19H,1H2,2-3H3/t18-,19-/m1/s1. The van der Waals surface area contributed by atoms with Gasteiger partial charge in [0.15, 0.2) is 5.78 Å². The molecule has 2 rings (SSSR count). The molecule has 0 heterocycles. The smallest absolute Gasteiger partial charge is 0.174 e. The zero-order valence-corrected chi connectivity index (χ0v) is 13.4. The van der Waals surface area contributed by atoms with E-state index < -0.39 is 5.92 Å². The van der Waals surface area contributed by atoms with Crippen LogP contribution in [0.25, 0.3) is 0 Å². The van der Waals surface area contributed by atoms with Gasteiger partial charge in [0.05, 0.1) is 13.0 Å². The molecule has 23 heavy (non-hydrogen) atoms. The van der Waals surface area contributed by atoms with Crippen molar-refractivity contribution in [2.45, 2.75) is 12.8 Å². The molecule has 3 nitrogen and oxygen atoms in total. The van der Waals surface area contributed by atoms with E-state index in [-0.39, 0.29) is 17.5 Å². The second-order valence-corrected chi connectivity index (χ2v) is 5.35. The van der Waals surface area contributed by atoms with E-state index in [0.717, 1.165) is 5.56 Å². The average molecular weight is 308 g/mol. The first-order chi connectivity index (χ1) is 11.1. The third kappa shape index (κ3) is 3.75. The Morgan fingerprint density at radius 3 is 2.13 bits per heavy atom. The van der Waals surface area contributed by atoms with Crippen molar-refractivity contribution in [1.82, 2.24) is 0 Å². The molecule has 0 aliphatic rings. The van der Waals surface area contributed by atoms with Crippen LogP contribution in [0.15, 0.2) is 67.3 Å². The van der Waals surface area contributed by atoms with E-state index in [1.54, 1.807) is 37.5 Å². The van der Waals surface area contributed by atoms with E-state index in [1.165, 1.54) is 6.92 Å². The normalized spacial score (nSPS) is 13.0. The quantitative estimate of drug-likeness (QED) is 0.440. The Morgan fingerprint density at radius 1 is 1.04 bits per heavy atom. The molecule has 0 aliphatic heterocycles. The van der Waals surface area contributed by atoms with E-state index in [2.05, 4.69) is 6.58 Å². The van der Waals surface area contributed by atoms with Gasteiger partial charge in [-0.05, 0) is 36.8 Å². The van der Waals surface area contributed by atoms with Crippen LogP contribution in [0, 0.1) is 5.92 Å². The molecule has 2 aromatic carbocycles. The maximum Gasteiger partial charge on any atom is 0.174 e. The summed E-state index contributed by atoms with van der Waals surface area (Å²) in [4.78, 5) is 25.0. The number of rotatable bonds is 7. The van der Waals surface area contributed by atoms with E-state index in [4.69, 9.17) is 4.74 Å². The second-order valence-electron chi connectivity index (χ2n) is 5.35. The third-order valence-electron chi connectivity index (χ3n) is 3.89. The lowest BCUT2D eigenvalue weighted by Gasteiger charge is -2.22. The molecule has 2 aromatic rings.